The van der Waals surface area contributed by atoms with Gasteiger partial charge in [0.1, 0.15) is 0 Å². The Morgan fingerprint density at radius 1 is 1.44 bits per heavy atom. The SMILES string of the molecule is CNC(=O)/C=C\C(N)=O. The van der Waals surface area contributed by atoms with E-state index < -0.39 is 5.91 Å². The van der Waals surface area contributed by atoms with Crippen LogP contribution in [0.1, 0.15) is 0 Å². The van der Waals surface area contributed by atoms with E-state index in [1.807, 2.05) is 0 Å². The third-order valence-electron chi connectivity index (χ3n) is 0.645. The lowest BCUT2D eigenvalue weighted by Crippen LogP contribution is -2.15. The Hall–Kier alpha value is -1.32. The normalized spacial score (nSPS) is 9.44. The van der Waals surface area contributed by atoms with E-state index in [9.17, 15) is 9.59 Å². The van der Waals surface area contributed by atoms with Gasteiger partial charge in [-0.1, -0.05) is 0 Å². The molecule has 0 aromatic carbocycles. The molecule has 0 aromatic heterocycles. The minimum Gasteiger partial charge on any atom is -0.366 e. The lowest BCUT2D eigenvalue weighted by Gasteiger charge is -1.85. The summed E-state index contributed by atoms with van der Waals surface area (Å²) >= 11 is 0. The summed E-state index contributed by atoms with van der Waals surface area (Å²) < 4.78 is 0. The molecule has 0 aromatic rings. The molecule has 0 unspecified atom stereocenters. The first kappa shape index (κ1) is 7.68. The van der Waals surface area contributed by atoms with Crippen LogP contribution in [-0.4, -0.2) is 18.9 Å². The molecule has 0 bridgehead atoms. The van der Waals surface area contributed by atoms with Crippen molar-refractivity contribution in [2.75, 3.05) is 7.05 Å². The summed E-state index contributed by atoms with van der Waals surface area (Å²) in [6.45, 7) is 0. The van der Waals surface area contributed by atoms with E-state index in [4.69, 9.17) is 0 Å². The van der Waals surface area contributed by atoms with Gasteiger partial charge in [-0.3, -0.25) is 9.59 Å². The molecule has 0 heterocycles. The zero-order valence-electron chi connectivity index (χ0n) is 5.05. The van der Waals surface area contributed by atoms with Crippen molar-refractivity contribution in [2.45, 2.75) is 0 Å². The summed E-state index contributed by atoms with van der Waals surface area (Å²) in [7, 11) is 1.47. The summed E-state index contributed by atoms with van der Waals surface area (Å²) in [6, 6.07) is 0. The second-order valence-corrected chi connectivity index (χ2v) is 1.35. The summed E-state index contributed by atoms with van der Waals surface area (Å²) in [4.78, 5) is 20.3. The highest BCUT2D eigenvalue weighted by Gasteiger charge is 1.88. The number of rotatable bonds is 2. The van der Waals surface area contributed by atoms with Gasteiger partial charge < -0.3 is 11.1 Å². The number of amides is 2. The average molecular weight is 128 g/mol. The topological polar surface area (TPSA) is 72.2 Å². The Bertz CT molecular complexity index is 151. The largest absolute Gasteiger partial charge is 0.366 e. The average Bonchev–Trinajstić information content (AvgIpc) is 1.83. The maximum absolute atomic E-state index is 10.3. The first-order valence-corrected chi connectivity index (χ1v) is 2.36. The lowest BCUT2D eigenvalue weighted by atomic mass is 10.4. The van der Waals surface area contributed by atoms with Gasteiger partial charge in [-0.15, -0.1) is 0 Å². The van der Waals surface area contributed by atoms with Crippen molar-refractivity contribution in [1.82, 2.24) is 5.32 Å². The molecule has 4 nitrogen and oxygen atoms in total. The Morgan fingerprint density at radius 3 is 2.33 bits per heavy atom. The van der Waals surface area contributed by atoms with Gasteiger partial charge in [-0.2, -0.15) is 0 Å². The summed E-state index contributed by atoms with van der Waals surface area (Å²) in [5.41, 5.74) is 4.69. The molecule has 0 radical (unpaired) electrons. The molecule has 0 saturated carbocycles. The van der Waals surface area contributed by atoms with Gasteiger partial charge >= 0.3 is 0 Å². The maximum Gasteiger partial charge on any atom is 0.243 e. The van der Waals surface area contributed by atoms with Crippen molar-refractivity contribution in [2.24, 2.45) is 5.73 Å². The summed E-state index contributed by atoms with van der Waals surface area (Å²) in [6.07, 6.45) is 2.07. The fourth-order valence-electron chi connectivity index (χ4n) is 0.241. The Kier molecular flexibility index (Phi) is 3.12. The van der Waals surface area contributed by atoms with Gasteiger partial charge in [0.2, 0.25) is 11.8 Å². The zero-order valence-corrected chi connectivity index (χ0v) is 5.05. The lowest BCUT2D eigenvalue weighted by molar-refractivity contribution is -0.117. The van der Waals surface area contributed by atoms with E-state index in [1.54, 1.807) is 0 Å². The van der Waals surface area contributed by atoms with Crippen molar-refractivity contribution in [3.05, 3.63) is 12.2 Å². The predicted molar refractivity (Wildman–Crippen MR) is 32.4 cm³/mol. The van der Waals surface area contributed by atoms with Crippen molar-refractivity contribution >= 4 is 11.8 Å². The molecule has 0 aliphatic carbocycles. The van der Waals surface area contributed by atoms with E-state index >= 15 is 0 Å². The van der Waals surface area contributed by atoms with Gasteiger partial charge in [0, 0.05) is 19.2 Å². The molecule has 0 atom stereocenters. The number of likely N-dealkylation sites (N-methyl/N-ethyl adjacent to an activating group) is 1. The maximum atomic E-state index is 10.3. The quantitative estimate of drug-likeness (QED) is 0.457. The number of hydrogen-bond acceptors (Lipinski definition) is 2. The fraction of sp³-hybridized carbons (Fsp3) is 0.200. The van der Waals surface area contributed by atoms with Crippen LogP contribution in [0.25, 0.3) is 0 Å². The number of primary amides is 1. The van der Waals surface area contributed by atoms with Crippen LogP contribution in [0, 0.1) is 0 Å². The summed E-state index contributed by atoms with van der Waals surface area (Å²) in [5.74, 6) is -0.965. The van der Waals surface area contributed by atoms with Gasteiger partial charge in [0.05, 0.1) is 0 Å². The Labute approximate surface area is 52.7 Å². The molecule has 3 N–H and O–H groups in total. The number of hydrogen-bond donors (Lipinski definition) is 2. The van der Waals surface area contributed by atoms with Crippen molar-refractivity contribution in [3.63, 3.8) is 0 Å². The standard InChI is InChI=1S/C5H8N2O2/c1-7-5(9)3-2-4(6)8/h2-3H,1H3,(H2,6,8)(H,7,9)/b3-2-. The molecule has 0 fully saturated rings. The van der Waals surface area contributed by atoms with Crippen molar-refractivity contribution < 1.29 is 9.59 Å². The molecular formula is C5H8N2O2. The minimum absolute atomic E-state index is 0.339. The van der Waals surface area contributed by atoms with Crippen LogP contribution in [-0.2, 0) is 9.59 Å². The highest BCUT2D eigenvalue weighted by Crippen LogP contribution is 1.68. The van der Waals surface area contributed by atoms with Crippen LogP contribution in [0.4, 0.5) is 0 Å². The zero-order chi connectivity index (χ0) is 7.28. The van der Waals surface area contributed by atoms with Crippen LogP contribution in [0.15, 0.2) is 12.2 Å². The van der Waals surface area contributed by atoms with Crippen molar-refractivity contribution in [3.8, 4) is 0 Å². The van der Waals surface area contributed by atoms with E-state index in [0.29, 0.717) is 0 Å². The predicted octanol–water partition coefficient (Wildman–Crippen LogP) is -1.23. The number of carbonyl (C=O) groups excluding carboxylic acids is 2. The fourth-order valence-corrected chi connectivity index (χ4v) is 0.241. The molecule has 4 heteroatoms. The molecule has 0 aliphatic heterocycles. The van der Waals surface area contributed by atoms with Crippen LogP contribution in [0.5, 0.6) is 0 Å². The minimum atomic E-state index is -0.626. The second-order valence-electron chi connectivity index (χ2n) is 1.35. The molecule has 50 valence electrons. The van der Waals surface area contributed by atoms with Crippen LogP contribution in [0.3, 0.4) is 0 Å². The third-order valence-corrected chi connectivity index (χ3v) is 0.645. The molecule has 0 rings (SSSR count). The first-order chi connectivity index (χ1) is 4.16. The van der Waals surface area contributed by atoms with E-state index in [1.165, 1.54) is 7.05 Å². The summed E-state index contributed by atoms with van der Waals surface area (Å²) in [5, 5.41) is 2.29. The monoisotopic (exact) mass is 128 g/mol. The smallest absolute Gasteiger partial charge is 0.243 e. The first-order valence-electron chi connectivity index (χ1n) is 2.36. The van der Waals surface area contributed by atoms with Gasteiger partial charge in [-0.25, -0.2) is 0 Å². The van der Waals surface area contributed by atoms with Crippen LogP contribution in [0.2, 0.25) is 0 Å². The highest BCUT2D eigenvalue weighted by molar-refractivity contribution is 5.95. The number of nitrogens with two attached hydrogens (primary N) is 1. The molecule has 0 spiro atoms. The molecule has 0 aliphatic rings. The third kappa shape index (κ3) is 4.53. The molecule has 2 amide bonds. The van der Waals surface area contributed by atoms with E-state index in [-0.39, 0.29) is 5.91 Å². The molecular weight excluding hydrogens is 120 g/mol. The van der Waals surface area contributed by atoms with Crippen LogP contribution < -0.4 is 11.1 Å². The van der Waals surface area contributed by atoms with Crippen molar-refractivity contribution in [1.29, 1.82) is 0 Å². The molecule has 0 saturated heterocycles. The van der Waals surface area contributed by atoms with Gasteiger partial charge in [0.25, 0.3) is 0 Å². The Balaban J connectivity index is 3.71. The van der Waals surface area contributed by atoms with E-state index in [2.05, 4.69) is 11.1 Å². The van der Waals surface area contributed by atoms with E-state index in [0.717, 1.165) is 12.2 Å². The van der Waals surface area contributed by atoms with Gasteiger partial charge in [-0.05, 0) is 0 Å². The second kappa shape index (κ2) is 3.65. The van der Waals surface area contributed by atoms with Crippen LogP contribution >= 0.6 is 0 Å². The molecule has 9 heavy (non-hydrogen) atoms. The Morgan fingerprint density at radius 2 is 2.00 bits per heavy atom. The van der Waals surface area contributed by atoms with Gasteiger partial charge in [0.15, 0.2) is 0 Å². The number of nitrogens with one attached hydrogen (secondary N) is 1. The highest BCUT2D eigenvalue weighted by atomic mass is 16.2. The number of carbonyl (C=O) groups is 2.